The summed E-state index contributed by atoms with van der Waals surface area (Å²) in [6, 6.07) is 2.95. The molecular formula is C21H24F3N5O2. The highest BCUT2D eigenvalue weighted by atomic mass is 19.4. The van der Waals surface area contributed by atoms with Crippen molar-refractivity contribution in [3.8, 4) is 0 Å². The number of fused-ring (bicyclic) bond motifs is 1. The number of halogens is 3. The number of hydrogen-bond acceptors (Lipinski definition) is 5. The highest BCUT2D eigenvalue weighted by molar-refractivity contribution is 6.01. The van der Waals surface area contributed by atoms with Crippen molar-refractivity contribution >= 4 is 23.5 Å². The Morgan fingerprint density at radius 3 is 2.55 bits per heavy atom. The number of hydrogen-bond donors (Lipinski definition) is 2. The standard InChI is InChI=1S/C21H24F3N5O2/c1-11(2)19(30)28-18-16-9-29(20(31)15(16)5-6-25-18)13(4)14-7-12(3)17(26-8-14)27-10-21(22,23)24/h5-8,11,13H,9-10H2,1-4H3,(H,26,27)(H,25,28,30). The van der Waals surface area contributed by atoms with Crippen molar-refractivity contribution in [1.29, 1.82) is 0 Å². The van der Waals surface area contributed by atoms with Crippen LogP contribution in [0.2, 0.25) is 0 Å². The minimum absolute atomic E-state index is 0.146. The maximum absolute atomic E-state index is 13.0. The van der Waals surface area contributed by atoms with Crippen molar-refractivity contribution in [3.63, 3.8) is 0 Å². The zero-order valence-corrected chi connectivity index (χ0v) is 17.7. The molecule has 166 valence electrons. The third kappa shape index (κ3) is 4.95. The third-order valence-corrected chi connectivity index (χ3v) is 5.15. The Morgan fingerprint density at radius 1 is 1.23 bits per heavy atom. The molecule has 0 radical (unpaired) electrons. The van der Waals surface area contributed by atoms with Gasteiger partial charge in [-0.25, -0.2) is 9.97 Å². The van der Waals surface area contributed by atoms with E-state index in [9.17, 15) is 22.8 Å². The Morgan fingerprint density at radius 2 is 1.94 bits per heavy atom. The van der Waals surface area contributed by atoms with Gasteiger partial charge < -0.3 is 15.5 Å². The van der Waals surface area contributed by atoms with Crippen LogP contribution in [-0.2, 0) is 11.3 Å². The quantitative estimate of drug-likeness (QED) is 0.714. The summed E-state index contributed by atoms with van der Waals surface area (Å²) in [5, 5.41) is 5.04. The first-order valence-corrected chi connectivity index (χ1v) is 9.84. The van der Waals surface area contributed by atoms with Gasteiger partial charge in [0.2, 0.25) is 5.91 Å². The average molecular weight is 435 g/mol. The van der Waals surface area contributed by atoms with Crippen LogP contribution in [0, 0.1) is 12.8 Å². The van der Waals surface area contributed by atoms with Gasteiger partial charge in [-0.1, -0.05) is 13.8 Å². The maximum atomic E-state index is 13.0. The van der Waals surface area contributed by atoms with Crippen molar-refractivity contribution in [2.24, 2.45) is 5.92 Å². The van der Waals surface area contributed by atoms with E-state index in [1.54, 1.807) is 37.8 Å². The number of amides is 2. The highest BCUT2D eigenvalue weighted by Gasteiger charge is 2.34. The topological polar surface area (TPSA) is 87.2 Å². The van der Waals surface area contributed by atoms with Gasteiger partial charge in [0.1, 0.15) is 18.2 Å². The van der Waals surface area contributed by atoms with Crippen LogP contribution in [0.3, 0.4) is 0 Å². The molecule has 0 saturated carbocycles. The van der Waals surface area contributed by atoms with Gasteiger partial charge in [0.25, 0.3) is 5.91 Å². The van der Waals surface area contributed by atoms with Gasteiger partial charge in [-0.15, -0.1) is 0 Å². The average Bonchev–Trinajstić information content (AvgIpc) is 3.03. The van der Waals surface area contributed by atoms with Gasteiger partial charge >= 0.3 is 6.18 Å². The van der Waals surface area contributed by atoms with Crippen LogP contribution in [-0.4, -0.2) is 39.4 Å². The SMILES string of the molecule is Cc1cc(C(C)N2Cc3c(ccnc3NC(=O)C(C)C)C2=O)cnc1NCC(F)(F)F. The summed E-state index contributed by atoms with van der Waals surface area (Å²) in [6.07, 6.45) is -1.40. The normalized spacial score (nSPS) is 14.6. The number of aryl methyl sites for hydroxylation is 1. The van der Waals surface area contributed by atoms with Crippen molar-refractivity contribution in [2.45, 2.75) is 46.5 Å². The monoisotopic (exact) mass is 435 g/mol. The van der Waals surface area contributed by atoms with Crippen LogP contribution < -0.4 is 10.6 Å². The van der Waals surface area contributed by atoms with Gasteiger partial charge in [0.05, 0.1) is 12.6 Å². The molecular weight excluding hydrogens is 411 g/mol. The molecule has 0 bridgehead atoms. The summed E-state index contributed by atoms with van der Waals surface area (Å²) in [7, 11) is 0. The molecule has 0 aliphatic carbocycles. The molecule has 3 heterocycles. The maximum Gasteiger partial charge on any atom is 0.405 e. The lowest BCUT2D eigenvalue weighted by molar-refractivity contribution is -0.119. The molecule has 3 rings (SSSR count). The van der Waals surface area contributed by atoms with Crippen LogP contribution in [0.1, 0.15) is 53.9 Å². The highest BCUT2D eigenvalue weighted by Crippen LogP contribution is 2.34. The molecule has 1 aliphatic heterocycles. The second-order valence-electron chi connectivity index (χ2n) is 7.84. The zero-order chi connectivity index (χ0) is 22.9. The fourth-order valence-electron chi connectivity index (χ4n) is 3.31. The van der Waals surface area contributed by atoms with E-state index in [2.05, 4.69) is 20.6 Å². The number of alkyl halides is 3. The molecule has 2 amide bonds. The van der Waals surface area contributed by atoms with Crippen molar-refractivity contribution < 1.29 is 22.8 Å². The van der Waals surface area contributed by atoms with E-state index in [1.165, 1.54) is 12.4 Å². The number of carbonyl (C=O) groups is 2. The number of rotatable bonds is 6. The van der Waals surface area contributed by atoms with Gasteiger partial charge in [-0.2, -0.15) is 13.2 Å². The summed E-state index contributed by atoms with van der Waals surface area (Å²) in [6.45, 7) is 6.09. The van der Waals surface area contributed by atoms with Gasteiger partial charge in [0, 0.05) is 29.4 Å². The Bertz CT molecular complexity index is 1010. The zero-order valence-electron chi connectivity index (χ0n) is 17.7. The molecule has 31 heavy (non-hydrogen) atoms. The van der Waals surface area contributed by atoms with Crippen LogP contribution in [0.15, 0.2) is 24.5 Å². The fraction of sp³-hybridized carbons (Fsp3) is 0.429. The predicted octanol–water partition coefficient (Wildman–Crippen LogP) is 4.07. The molecule has 2 aromatic rings. The molecule has 0 fully saturated rings. The first-order chi connectivity index (χ1) is 14.5. The molecule has 1 atom stereocenters. The molecule has 2 N–H and O–H groups in total. The van der Waals surface area contributed by atoms with E-state index in [0.717, 1.165) is 0 Å². The first-order valence-electron chi connectivity index (χ1n) is 9.84. The Hall–Kier alpha value is -3.17. The lowest BCUT2D eigenvalue weighted by atomic mass is 10.1. The van der Waals surface area contributed by atoms with Crippen LogP contribution >= 0.6 is 0 Å². The van der Waals surface area contributed by atoms with Crippen LogP contribution in [0.25, 0.3) is 0 Å². The van der Waals surface area contributed by atoms with E-state index in [0.29, 0.717) is 28.1 Å². The van der Waals surface area contributed by atoms with E-state index < -0.39 is 12.7 Å². The molecule has 0 aromatic carbocycles. The number of carbonyl (C=O) groups excluding carboxylic acids is 2. The van der Waals surface area contributed by atoms with E-state index in [4.69, 9.17) is 0 Å². The minimum Gasteiger partial charge on any atom is -0.361 e. The van der Waals surface area contributed by atoms with E-state index in [1.807, 2.05) is 6.92 Å². The third-order valence-electron chi connectivity index (χ3n) is 5.15. The smallest absolute Gasteiger partial charge is 0.361 e. The van der Waals surface area contributed by atoms with E-state index in [-0.39, 0.29) is 36.1 Å². The largest absolute Gasteiger partial charge is 0.405 e. The second kappa shape index (κ2) is 8.52. The molecule has 2 aromatic heterocycles. The number of anilines is 2. The van der Waals surface area contributed by atoms with Crippen molar-refractivity contribution in [2.75, 3.05) is 17.2 Å². The van der Waals surface area contributed by atoms with Crippen LogP contribution in [0.4, 0.5) is 24.8 Å². The number of pyridine rings is 2. The summed E-state index contributed by atoms with van der Waals surface area (Å²) < 4.78 is 37.3. The Kier molecular flexibility index (Phi) is 6.19. The number of nitrogens with zero attached hydrogens (tertiary/aromatic N) is 3. The Labute approximate surface area is 178 Å². The summed E-state index contributed by atoms with van der Waals surface area (Å²) in [4.78, 5) is 35.0. The van der Waals surface area contributed by atoms with Crippen molar-refractivity contribution in [1.82, 2.24) is 14.9 Å². The lowest BCUT2D eigenvalue weighted by Crippen LogP contribution is -2.27. The minimum atomic E-state index is -4.34. The first kappa shape index (κ1) is 22.5. The lowest BCUT2D eigenvalue weighted by Gasteiger charge is -2.25. The second-order valence-corrected chi connectivity index (χ2v) is 7.84. The molecule has 10 heteroatoms. The molecule has 1 aliphatic rings. The predicted molar refractivity (Wildman–Crippen MR) is 110 cm³/mol. The molecule has 1 unspecified atom stereocenters. The van der Waals surface area contributed by atoms with Gasteiger partial charge in [-0.3, -0.25) is 9.59 Å². The van der Waals surface area contributed by atoms with Gasteiger partial charge in [-0.05, 0) is 37.1 Å². The Balaban J connectivity index is 1.80. The number of aromatic nitrogens is 2. The molecule has 0 saturated heterocycles. The summed E-state index contributed by atoms with van der Waals surface area (Å²) in [5.74, 6) is -0.126. The van der Waals surface area contributed by atoms with Crippen LogP contribution in [0.5, 0.6) is 0 Å². The van der Waals surface area contributed by atoms with E-state index >= 15 is 0 Å². The molecule has 0 spiro atoms. The number of nitrogens with one attached hydrogen (secondary N) is 2. The summed E-state index contributed by atoms with van der Waals surface area (Å²) in [5.41, 5.74) is 2.34. The summed E-state index contributed by atoms with van der Waals surface area (Å²) >= 11 is 0. The molecule has 7 nitrogen and oxygen atoms in total. The fourth-order valence-corrected chi connectivity index (χ4v) is 3.31. The van der Waals surface area contributed by atoms with Gasteiger partial charge in [0.15, 0.2) is 0 Å². The van der Waals surface area contributed by atoms with Crippen molar-refractivity contribution in [3.05, 3.63) is 46.8 Å².